The number of aliphatic imine (C=N–C) groups is 1. The summed E-state index contributed by atoms with van der Waals surface area (Å²) in [6.07, 6.45) is 1.04. The molecule has 52 valence electrons. The molecule has 1 saturated heterocycles. The molecule has 1 heterocycles. The Hall–Kier alpha value is -0.370. The minimum Gasteiger partial charge on any atom is -0.375 e. The highest BCUT2D eigenvalue weighted by Gasteiger charge is 2.07. The molecule has 2 nitrogen and oxygen atoms in total. The molecule has 9 heavy (non-hydrogen) atoms. The van der Waals surface area contributed by atoms with Crippen molar-refractivity contribution in [2.45, 2.75) is 26.3 Å². The van der Waals surface area contributed by atoms with Gasteiger partial charge in [-0.05, 0) is 13.8 Å². The van der Waals surface area contributed by atoms with Crippen molar-refractivity contribution in [2.24, 2.45) is 4.99 Å². The van der Waals surface area contributed by atoms with Gasteiger partial charge in [-0.25, -0.2) is 0 Å². The zero-order valence-electron chi connectivity index (χ0n) is 6.05. The number of nitrogens with zero attached hydrogens (tertiary/aromatic N) is 1. The molecule has 0 radical (unpaired) electrons. The van der Waals surface area contributed by atoms with E-state index in [9.17, 15) is 0 Å². The van der Waals surface area contributed by atoms with E-state index in [-0.39, 0.29) is 0 Å². The highest BCUT2D eigenvalue weighted by atomic mass is 16.5. The second-order valence-corrected chi connectivity index (χ2v) is 2.59. The van der Waals surface area contributed by atoms with Gasteiger partial charge in [-0.15, -0.1) is 0 Å². The molecule has 1 aliphatic rings. The second kappa shape index (κ2) is 2.97. The first kappa shape index (κ1) is 6.75. The van der Waals surface area contributed by atoms with Crippen LogP contribution < -0.4 is 0 Å². The highest BCUT2D eigenvalue weighted by molar-refractivity contribution is 5.87. The lowest BCUT2D eigenvalue weighted by Gasteiger charge is -1.96. The van der Waals surface area contributed by atoms with E-state index in [1.54, 1.807) is 0 Å². The lowest BCUT2D eigenvalue weighted by Crippen LogP contribution is -2.01. The Balaban J connectivity index is 2.39. The Bertz CT molecular complexity index is 110. The van der Waals surface area contributed by atoms with E-state index in [2.05, 4.69) is 18.8 Å². The molecule has 0 N–H and O–H groups in total. The minimum atomic E-state index is 0.432. The van der Waals surface area contributed by atoms with Gasteiger partial charge in [0.05, 0.1) is 13.2 Å². The third kappa shape index (κ3) is 2.14. The topological polar surface area (TPSA) is 21.6 Å². The van der Waals surface area contributed by atoms with Gasteiger partial charge in [-0.1, -0.05) is 0 Å². The quantitative estimate of drug-likeness (QED) is 0.519. The lowest BCUT2D eigenvalue weighted by molar-refractivity contribution is 0.209. The summed E-state index contributed by atoms with van der Waals surface area (Å²) in [7, 11) is 0. The molecule has 0 aromatic rings. The van der Waals surface area contributed by atoms with Crippen LogP contribution in [0.2, 0.25) is 0 Å². The summed E-state index contributed by atoms with van der Waals surface area (Å²) in [6.45, 7) is 5.81. The number of hydrogen-bond acceptors (Lipinski definition) is 2. The van der Waals surface area contributed by atoms with E-state index < -0.39 is 0 Å². The smallest absolute Gasteiger partial charge is 0.0845 e. The monoisotopic (exact) mass is 127 g/mol. The predicted molar refractivity (Wildman–Crippen MR) is 38.0 cm³/mol. The zero-order valence-corrected chi connectivity index (χ0v) is 6.05. The molecule has 0 unspecified atom stereocenters. The summed E-state index contributed by atoms with van der Waals surface area (Å²) in [6, 6.07) is 0.432. The first-order valence-electron chi connectivity index (χ1n) is 3.42. The van der Waals surface area contributed by atoms with E-state index in [1.807, 2.05) is 0 Å². The van der Waals surface area contributed by atoms with Crippen molar-refractivity contribution >= 4 is 5.71 Å². The van der Waals surface area contributed by atoms with Crippen LogP contribution in [-0.4, -0.2) is 25.0 Å². The van der Waals surface area contributed by atoms with Gasteiger partial charge in [0, 0.05) is 18.2 Å². The fourth-order valence-corrected chi connectivity index (χ4v) is 0.919. The highest BCUT2D eigenvalue weighted by Crippen LogP contribution is 2.01. The summed E-state index contributed by atoms with van der Waals surface area (Å²) >= 11 is 0. The molecule has 0 aromatic carbocycles. The average molecular weight is 127 g/mol. The molecule has 0 spiro atoms. The van der Waals surface area contributed by atoms with Crippen molar-refractivity contribution in [2.75, 3.05) is 13.2 Å². The summed E-state index contributed by atoms with van der Waals surface area (Å²) < 4.78 is 5.13. The van der Waals surface area contributed by atoms with E-state index in [0.29, 0.717) is 6.04 Å². The second-order valence-electron chi connectivity index (χ2n) is 2.59. The van der Waals surface area contributed by atoms with Gasteiger partial charge in [-0.2, -0.15) is 0 Å². The van der Waals surface area contributed by atoms with Crippen molar-refractivity contribution in [3.63, 3.8) is 0 Å². The van der Waals surface area contributed by atoms with Crippen LogP contribution in [0.1, 0.15) is 20.3 Å². The minimum absolute atomic E-state index is 0.432. The predicted octanol–water partition coefficient (Wildman–Crippen LogP) is 1.26. The normalized spacial score (nSPS) is 24.1. The fraction of sp³-hybridized carbons (Fsp3) is 0.857. The van der Waals surface area contributed by atoms with Gasteiger partial charge in [0.1, 0.15) is 0 Å². The van der Waals surface area contributed by atoms with Crippen LogP contribution in [0.25, 0.3) is 0 Å². The Morgan fingerprint density at radius 3 is 2.78 bits per heavy atom. The van der Waals surface area contributed by atoms with Gasteiger partial charge in [-0.3, -0.25) is 4.99 Å². The van der Waals surface area contributed by atoms with Crippen LogP contribution in [0.15, 0.2) is 4.99 Å². The van der Waals surface area contributed by atoms with Crippen molar-refractivity contribution in [1.29, 1.82) is 0 Å². The molecule has 1 rings (SSSR count). The summed E-state index contributed by atoms with van der Waals surface area (Å²) in [5.74, 6) is 0. The Morgan fingerprint density at radius 2 is 2.33 bits per heavy atom. The van der Waals surface area contributed by atoms with Gasteiger partial charge in [0.15, 0.2) is 0 Å². The van der Waals surface area contributed by atoms with Crippen LogP contribution in [0, 0.1) is 0 Å². The largest absolute Gasteiger partial charge is 0.375 e. The molecular formula is C7H13NO. The summed E-state index contributed by atoms with van der Waals surface area (Å²) in [5, 5.41) is 0. The standard InChI is InChI=1S/C7H13NO/c1-6(2)8-7-3-4-9-5-7/h6H,3-5H2,1-2H3. The van der Waals surface area contributed by atoms with Gasteiger partial charge in [0.25, 0.3) is 0 Å². The molecule has 0 saturated carbocycles. The maximum atomic E-state index is 5.13. The molecular weight excluding hydrogens is 114 g/mol. The molecule has 0 amide bonds. The first-order chi connectivity index (χ1) is 4.29. The van der Waals surface area contributed by atoms with E-state index in [4.69, 9.17) is 4.74 Å². The fourth-order valence-electron chi connectivity index (χ4n) is 0.919. The third-order valence-corrected chi connectivity index (χ3v) is 1.24. The Morgan fingerprint density at radius 1 is 1.56 bits per heavy atom. The van der Waals surface area contributed by atoms with Crippen LogP contribution in [0.5, 0.6) is 0 Å². The Kier molecular flexibility index (Phi) is 2.22. The van der Waals surface area contributed by atoms with E-state index in [0.717, 1.165) is 19.6 Å². The van der Waals surface area contributed by atoms with Crippen molar-refractivity contribution in [3.05, 3.63) is 0 Å². The van der Waals surface area contributed by atoms with E-state index in [1.165, 1.54) is 5.71 Å². The number of hydrogen-bond donors (Lipinski definition) is 0. The number of ether oxygens (including phenoxy) is 1. The van der Waals surface area contributed by atoms with Crippen LogP contribution in [0.4, 0.5) is 0 Å². The average Bonchev–Trinajstić information content (AvgIpc) is 2.15. The van der Waals surface area contributed by atoms with Crippen LogP contribution in [-0.2, 0) is 4.74 Å². The maximum absolute atomic E-state index is 5.13. The van der Waals surface area contributed by atoms with Crippen molar-refractivity contribution in [3.8, 4) is 0 Å². The van der Waals surface area contributed by atoms with Gasteiger partial charge >= 0.3 is 0 Å². The third-order valence-electron chi connectivity index (χ3n) is 1.24. The van der Waals surface area contributed by atoms with E-state index >= 15 is 0 Å². The molecule has 0 atom stereocenters. The molecule has 1 aliphatic heterocycles. The molecule has 0 aliphatic carbocycles. The molecule has 0 aromatic heterocycles. The lowest BCUT2D eigenvalue weighted by atomic mass is 10.3. The Labute approximate surface area is 55.9 Å². The molecule has 0 bridgehead atoms. The number of rotatable bonds is 1. The van der Waals surface area contributed by atoms with Crippen LogP contribution >= 0.6 is 0 Å². The maximum Gasteiger partial charge on any atom is 0.0845 e. The van der Waals surface area contributed by atoms with Gasteiger partial charge in [0.2, 0.25) is 0 Å². The first-order valence-corrected chi connectivity index (χ1v) is 3.42. The summed E-state index contributed by atoms with van der Waals surface area (Å²) in [4.78, 5) is 4.37. The van der Waals surface area contributed by atoms with Crippen molar-refractivity contribution in [1.82, 2.24) is 0 Å². The molecule has 1 fully saturated rings. The van der Waals surface area contributed by atoms with Crippen molar-refractivity contribution < 1.29 is 4.74 Å². The van der Waals surface area contributed by atoms with Gasteiger partial charge < -0.3 is 4.74 Å². The summed E-state index contributed by atoms with van der Waals surface area (Å²) in [5.41, 5.74) is 1.23. The van der Waals surface area contributed by atoms with Crippen LogP contribution in [0.3, 0.4) is 0 Å². The zero-order chi connectivity index (χ0) is 6.69. The SMILES string of the molecule is CC(C)N=C1CCOC1. The molecule has 2 heteroatoms.